The normalized spacial score (nSPS) is 13.9. The van der Waals surface area contributed by atoms with Crippen LogP contribution in [0.25, 0.3) is 11.1 Å². The number of carbonyl (C=O) groups is 2. The number of anilines is 2. The Kier molecular flexibility index (Phi) is 5.22. The molecule has 0 aliphatic carbocycles. The summed E-state index contributed by atoms with van der Waals surface area (Å²) in [7, 11) is 3.07. The number of hydrogen-bond donors (Lipinski definition) is 2. The largest absolute Gasteiger partial charge is 0.493 e. The molecule has 0 bridgehead atoms. The first-order valence-corrected chi connectivity index (χ1v) is 9.36. The molecule has 1 aliphatic heterocycles. The summed E-state index contributed by atoms with van der Waals surface area (Å²) >= 11 is 0. The molecule has 1 aliphatic rings. The monoisotopic (exact) mass is 400 g/mol. The van der Waals surface area contributed by atoms with Gasteiger partial charge in [0.15, 0.2) is 11.5 Å². The molecule has 0 fully saturated rings. The molecule has 3 aromatic carbocycles. The molecule has 2 N–H and O–H groups in total. The Labute approximate surface area is 174 Å². The van der Waals surface area contributed by atoms with Gasteiger partial charge in [0.1, 0.15) is 0 Å². The standard InChI is InChI=1S/C24H20N2O4/c1-29-19-13-12-16(14-20(19)30-2)25-23(27)21(15-8-4-3-5-9-15)22-17-10-6-7-11-18(17)26-24(22)28/h3-14H,1-2H3,(H,25,27)(H,26,28)/b22-21+. The highest BCUT2D eigenvalue weighted by atomic mass is 16.5. The van der Waals surface area contributed by atoms with Gasteiger partial charge in [0.25, 0.3) is 11.8 Å². The maximum absolute atomic E-state index is 13.4. The van der Waals surface area contributed by atoms with Gasteiger partial charge in [-0.3, -0.25) is 9.59 Å². The number of benzene rings is 3. The summed E-state index contributed by atoms with van der Waals surface area (Å²) in [5.74, 6) is 0.349. The number of ether oxygens (including phenoxy) is 2. The predicted octanol–water partition coefficient (Wildman–Crippen LogP) is 4.21. The zero-order chi connectivity index (χ0) is 21.1. The molecule has 3 aromatic rings. The van der Waals surface area contributed by atoms with Crippen LogP contribution in [0.3, 0.4) is 0 Å². The summed E-state index contributed by atoms with van der Waals surface area (Å²) in [5.41, 5.74) is 3.20. The van der Waals surface area contributed by atoms with Crippen molar-refractivity contribution in [3.8, 4) is 11.5 Å². The Bertz CT molecular complexity index is 1150. The number of para-hydroxylation sites is 1. The lowest BCUT2D eigenvalue weighted by molar-refractivity contribution is -0.112. The van der Waals surface area contributed by atoms with Crippen LogP contribution in [-0.4, -0.2) is 26.0 Å². The summed E-state index contributed by atoms with van der Waals surface area (Å²) in [6.45, 7) is 0. The molecule has 1 heterocycles. The van der Waals surface area contributed by atoms with Crippen molar-refractivity contribution in [2.24, 2.45) is 0 Å². The first-order valence-electron chi connectivity index (χ1n) is 9.36. The van der Waals surface area contributed by atoms with Crippen molar-refractivity contribution in [3.05, 3.63) is 83.9 Å². The van der Waals surface area contributed by atoms with Gasteiger partial charge in [-0.1, -0.05) is 48.5 Å². The van der Waals surface area contributed by atoms with Crippen molar-refractivity contribution in [1.82, 2.24) is 0 Å². The van der Waals surface area contributed by atoms with E-state index in [0.29, 0.717) is 45.1 Å². The molecule has 0 aromatic heterocycles. The minimum Gasteiger partial charge on any atom is -0.493 e. The van der Waals surface area contributed by atoms with E-state index in [1.807, 2.05) is 54.6 Å². The molecule has 6 nitrogen and oxygen atoms in total. The summed E-state index contributed by atoms with van der Waals surface area (Å²) in [6.07, 6.45) is 0. The molecule has 6 heteroatoms. The maximum Gasteiger partial charge on any atom is 0.257 e. The third-order valence-electron chi connectivity index (χ3n) is 4.85. The van der Waals surface area contributed by atoms with Crippen LogP contribution in [0.2, 0.25) is 0 Å². The zero-order valence-corrected chi connectivity index (χ0v) is 16.6. The molecule has 4 rings (SSSR count). The third kappa shape index (κ3) is 3.51. The zero-order valence-electron chi connectivity index (χ0n) is 16.6. The van der Waals surface area contributed by atoms with Crippen LogP contribution >= 0.6 is 0 Å². The van der Waals surface area contributed by atoms with Crippen molar-refractivity contribution < 1.29 is 19.1 Å². The van der Waals surface area contributed by atoms with E-state index in [0.717, 1.165) is 0 Å². The van der Waals surface area contributed by atoms with Gasteiger partial charge in [0.05, 0.1) is 25.4 Å². The number of rotatable bonds is 5. The average Bonchev–Trinajstić information content (AvgIpc) is 3.10. The fourth-order valence-corrected chi connectivity index (χ4v) is 3.47. The van der Waals surface area contributed by atoms with Crippen LogP contribution in [0.1, 0.15) is 11.1 Å². The lowest BCUT2D eigenvalue weighted by Crippen LogP contribution is -2.17. The van der Waals surface area contributed by atoms with E-state index >= 15 is 0 Å². The molecule has 2 amide bonds. The lowest BCUT2D eigenvalue weighted by atomic mass is 9.94. The summed E-state index contributed by atoms with van der Waals surface area (Å²) < 4.78 is 10.6. The van der Waals surface area contributed by atoms with Crippen molar-refractivity contribution >= 4 is 34.3 Å². The van der Waals surface area contributed by atoms with Crippen LogP contribution in [0.4, 0.5) is 11.4 Å². The van der Waals surface area contributed by atoms with Gasteiger partial charge < -0.3 is 20.1 Å². The second-order valence-electron chi connectivity index (χ2n) is 6.64. The van der Waals surface area contributed by atoms with Gasteiger partial charge in [0, 0.05) is 23.0 Å². The number of carbonyl (C=O) groups excluding carboxylic acids is 2. The first-order chi connectivity index (χ1) is 14.6. The molecule has 0 saturated heterocycles. The van der Waals surface area contributed by atoms with Crippen molar-refractivity contribution in [1.29, 1.82) is 0 Å². The Hall–Kier alpha value is -4.06. The molecule has 30 heavy (non-hydrogen) atoms. The second-order valence-corrected chi connectivity index (χ2v) is 6.64. The topological polar surface area (TPSA) is 76.7 Å². The fraction of sp³-hybridized carbons (Fsp3) is 0.0833. The highest BCUT2D eigenvalue weighted by Crippen LogP contribution is 2.38. The fourth-order valence-electron chi connectivity index (χ4n) is 3.47. The van der Waals surface area contributed by atoms with Crippen LogP contribution in [-0.2, 0) is 9.59 Å². The molecule has 0 unspecified atom stereocenters. The first kappa shape index (κ1) is 19.3. The Balaban J connectivity index is 1.81. The third-order valence-corrected chi connectivity index (χ3v) is 4.85. The van der Waals surface area contributed by atoms with Crippen molar-refractivity contribution in [2.45, 2.75) is 0 Å². The van der Waals surface area contributed by atoms with Crippen molar-refractivity contribution in [3.63, 3.8) is 0 Å². The van der Waals surface area contributed by atoms with E-state index in [1.54, 1.807) is 25.3 Å². The summed E-state index contributed by atoms with van der Waals surface area (Å²) in [6, 6.07) is 21.6. The van der Waals surface area contributed by atoms with E-state index in [2.05, 4.69) is 10.6 Å². The minimum atomic E-state index is -0.393. The van der Waals surface area contributed by atoms with Gasteiger partial charge in [-0.15, -0.1) is 0 Å². The van der Waals surface area contributed by atoms with Gasteiger partial charge >= 0.3 is 0 Å². The number of nitrogens with one attached hydrogen (secondary N) is 2. The van der Waals surface area contributed by atoms with Crippen LogP contribution in [0.5, 0.6) is 11.5 Å². The highest BCUT2D eigenvalue weighted by molar-refractivity contribution is 6.46. The Morgan fingerprint density at radius 3 is 2.30 bits per heavy atom. The maximum atomic E-state index is 13.4. The second kappa shape index (κ2) is 8.13. The molecule has 0 spiro atoms. The number of fused-ring (bicyclic) bond motifs is 1. The van der Waals surface area contributed by atoms with Gasteiger partial charge in [-0.25, -0.2) is 0 Å². The summed E-state index contributed by atoms with van der Waals surface area (Å²) in [4.78, 5) is 26.2. The van der Waals surface area contributed by atoms with Crippen LogP contribution < -0.4 is 20.1 Å². The Morgan fingerprint density at radius 2 is 1.57 bits per heavy atom. The van der Waals surface area contributed by atoms with Crippen molar-refractivity contribution in [2.75, 3.05) is 24.9 Å². The number of methoxy groups -OCH3 is 2. The molecular formula is C24H20N2O4. The van der Waals surface area contributed by atoms with Crippen LogP contribution in [0.15, 0.2) is 72.8 Å². The summed E-state index contributed by atoms with van der Waals surface area (Å²) in [5, 5.41) is 5.72. The minimum absolute atomic E-state index is 0.299. The Morgan fingerprint density at radius 1 is 0.867 bits per heavy atom. The van der Waals surface area contributed by atoms with E-state index in [4.69, 9.17) is 9.47 Å². The smallest absolute Gasteiger partial charge is 0.257 e. The molecule has 0 radical (unpaired) electrons. The lowest BCUT2D eigenvalue weighted by Gasteiger charge is -2.14. The van der Waals surface area contributed by atoms with E-state index in [9.17, 15) is 9.59 Å². The molecule has 0 saturated carbocycles. The van der Waals surface area contributed by atoms with E-state index < -0.39 is 5.91 Å². The SMILES string of the molecule is COc1ccc(NC(=O)/C(=C2/C(=O)Nc3ccccc32)c2ccccc2)cc1OC. The molecule has 150 valence electrons. The van der Waals surface area contributed by atoms with E-state index in [1.165, 1.54) is 7.11 Å². The average molecular weight is 400 g/mol. The molecule has 0 atom stereocenters. The van der Waals surface area contributed by atoms with Gasteiger partial charge in [-0.05, 0) is 23.8 Å². The van der Waals surface area contributed by atoms with E-state index in [-0.39, 0.29) is 5.91 Å². The predicted molar refractivity (Wildman–Crippen MR) is 117 cm³/mol. The van der Waals surface area contributed by atoms with Crippen LogP contribution in [0, 0.1) is 0 Å². The number of amides is 2. The van der Waals surface area contributed by atoms with Gasteiger partial charge in [-0.2, -0.15) is 0 Å². The highest BCUT2D eigenvalue weighted by Gasteiger charge is 2.30. The number of hydrogen-bond acceptors (Lipinski definition) is 4. The quantitative estimate of drug-likeness (QED) is 0.629. The molecular weight excluding hydrogens is 380 g/mol. The van der Waals surface area contributed by atoms with Gasteiger partial charge in [0.2, 0.25) is 0 Å².